The minimum Gasteiger partial charge on any atom is -0.325 e. The summed E-state index contributed by atoms with van der Waals surface area (Å²) in [7, 11) is 0. The molecule has 0 spiro atoms. The summed E-state index contributed by atoms with van der Waals surface area (Å²) in [6, 6.07) is 10.8. The Hall–Kier alpha value is -3.10. The summed E-state index contributed by atoms with van der Waals surface area (Å²) >= 11 is 1.09. The normalized spacial score (nSPS) is 11.2. The first-order chi connectivity index (χ1) is 11.4. The molecule has 1 aromatic heterocycles. The molecule has 1 aromatic carbocycles. The average Bonchev–Trinajstić information content (AvgIpc) is 2.55. The standard InChI is InChI=1S/C16H12FN5OS/c1-9(15(23)21-13-4-2-3-12(17)6-13)24-16-11(8-19)5-10(7-18)14(20)22-16/h2-6,9H,1H3,(H2,20,22)(H,21,23)/p+1/t9-/m1/s1. The highest BCUT2D eigenvalue weighted by atomic mass is 32.2. The number of carbonyl (C=O) groups is 1. The third-order valence-corrected chi connectivity index (χ3v) is 4.19. The van der Waals surface area contributed by atoms with Gasteiger partial charge >= 0.3 is 0 Å². The third-order valence-electron chi connectivity index (χ3n) is 3.07. The Balaban J connectivity index is 2.16. The van der Waals surface area contributed by atoms with Crippen LogP contribution < -0.4 is 16.0 Å². The molecule has 1 heterocycles. The zero-order valence-corrected chi connectivity index (χ0v) is 13.4. The molecule has 0 saturated carbocycles. The molecule has 1 atom stereocenters. The molecule has 6 nitrogen and oxygen atoms in total. The first-order valence-electron chi connectivity index (χ1n) is 6.83. The predicted octanol–water partition coefficient (Wildman–Crippen LogP) is 2.08. The minimum atomic E-state index is -0.580. The Kier molecular flexibility index (Phi) is 5.35. The van der Waals surface area contributed by atoms with Crippen molar-refractivity contribution in [1.29, 1.82) is 10.5 Å². The molecule has 0 unspecified atom stereocenters. The van der Waals surface area contributed by atoms with Crippen molar-refractivity contribution >= 4 is 29.2 Å². The van der Waals surface area contributed by atoms with Crippen LogP contribution in [0.3, 0.4) is 0 Å². The number of rotatable bonds is 4. The first kappa shape index (κ1) is 17.3. The second-order valence-corrected chi connectivity index (χ2v) is 6.17. The lowest BCUT2D eigenvalue weighted by Gasteiger charge is -2.11. The number of thioether (sulfide) groups is 1. The second kappa shape index (κ2) is 7.44. The fourth-order valence-electron chi connectivity index (χ4n) is 1.85. The number of pyridine rings is 1. The smallest absolute Gasteiger partial charge is 0.289 e. The molecule has 2 aromatic rings. The Morgan fingerprint density at radius 2 is 2.04 bits per heavy atom. The van der Waals surface area contributed by atoms with Gasteiger partial charge in [0.1, 0.15) is 29.1 Å². The topological polar surface area (TPSA) is 117 Å². The molecule has 0 radical (unpaired) electrons. The summed E-state index contributed by atoms with van der Waals surface area (Å²) in [6.07, 6.45) is 0. The molecule has 0 saturated heterocycles. The van der Waals surface area contributed by atoms with Gasteiger partial charge in [-0.05, 0) is 31.2 Å². The molecule has 120 valence electrons. The number of carbonyl (C=O) groups excluding carboxylic acids is 1. The third kappa shape index (κ3) is 4.00. The quantitative estimate of drug-likeness (QED) is 0.825. The number of aromatic nitrogens is 1. The number of nitrogens with one attached hydrogen (secondary N) is 2. The molecule has 24 heavy (non-hydrogen) atoms. The van der Waals surface area contributed by atoms with Crippen LogP contribution in [0.15, 0.2) is 35.4 Å². The molecule has 0 aliphatic rings. The van der Waals surface area contributed by atoms with Crippen molar-refractivity contribution in [3.8, 4) is 12.1 Å². The number of nitrogens with two attached hydrogens (primary N) is 1. The second-order valence-electron chi connectivity index (χ2n) is 4.82. The van der Waals surface area contributed by atoms with E-state index in [4.69, 9.17) is 11.0 Å². The van der Waals surface area contributed by atoms with Gasteiger partial charge in [-0.15, -0.1) is 0 Å². The highest BCUT2D eigenvalue weighted by Crippen LogP contribution is 2.25. The molecule has 2 rings (SSSR count). The SMILES string of the molecule is C[C@@H](Sc1[nH+]c(N)c(C#N)cc1C#N)C(=O)Nc1cccc(F)c1. The van der Waals surface area contributed by atoms with Gasteiger partial charge in [-0.3, -0.25) is 10.5 Å². The van der Waals surface area contributed by atoms with E-state index in [0.717, 1.165) is 11.8 Å². The zero-order chi connectivity index (χ0) is 17.7. The van der Waals surface area contributed by atoms with Crippen molar-refractivity contribution in [2.75, 3.05) is 11.1 Å². The van der Waals surface area contributed by atoms with E-state index in [9.17, 15) is 14.4 Å². The Morgan fingerprint density at radius 1 is 1.33 bits per heavy atom. The first-order valence-corrected chi connectivity index (χ1v) is 7.71. The van der Waals surface area contributed by atoms with Crippen LogP contribution in [0.5, 0.6) is 0 Å². The monoisotopic (exact) mass is 342 g/mol. The van der Waals surface area contributed by atoms with Gasteiger partial charge in [-0.25, -0.2) is 9.37 Å². The molecule has 0 aliphatic heterocycles. The van der Waals surface area contributed by atoms with Gasteiger partial charge in [-0.1, -0.05) is 17.8 Å². The lowest BCUT2D eigenvalue weighted by molar-refractivity contribution is -0.410. The van der Waals surface area contributed by atoms with Crippen molar-refractivity contribution < 1.29 is 14.2 Å². The van der Waals surface area contributed by atoms with E-state index in [-0.39, 0.29) is 22.9 Å². The molecule has 0 aliphatic carbocycles. The Labute approximate surface area is 142 Å². The van der Waals surface area contributed by atoms with Gasteiger partial charge in [0.15, 0.2) is 5.03 Å². The summed E-state index contributed by atoms with van der Waals surface area (Å²) in [5.41, 5.74) is 6.43. The van der Waals surface area contributed by atoms with Gasteiger partial charge in [0.25, 0.3) is 5.82 Å². The van der Waals surface area contributed by atoms with Crippen molar-refractivity contribution in [3.63, 3.8) is 0 Å². The van der Waals surface area contributed by atoms with Crippen LogP contribution in [-0.2, 0) is 4.79 Å². The van der Waals surface area contributed by atoms with Crippen LogP contribution in [0.1, 0.15) is 18.1 Å². The number of H-pyrrole nitrogens is 1. The van der Waals surface area contributed by atoms with E-state index in [1.807, 2.05) is 12.1 Å². The van der Waals surface area contributed by atoms with Crippen molar-refractivity contribution in [3.05, 3.63) is 47.3 Å². The molecule has 0 bridgehead atoms. The number of benzene rings is 1. The molecule has 4 N–H and O–H groups in total. The fraction of sp³-hybridized carbons (Fsp3) is 0.125. The van der Waals surface area contributed by atoms with Crippen LogP contribution in [0.2, 0.25) is 0 Å². The Morgan fingerprint density at radius 3 is 2.67 bits per heavy atom. The lowest BCUT2D eigenvalue weighted by atomic mass is 10.2. The average molecular weight is 342 g/mol. The van der Waals surface area contributed by atoms with Gasteiger partial charge in [0, 0.05) is 5.69 Å². The molecular weight excluding hydrogens is 329 g/mol. The molecular formula is C16H13FN5OS+. The highest BCUT2D eigenvalue weighted by Gasteiger charge is 2.21. The zero-order valence-electron chi connectivity index (χ0n) is 12.6. The number of hydrogen-bond donors (Lipinski definition) is 2. The number of nitrogen functional groups attached to an aromatic ring is 1. The molecule has 8 heteroatoms. The maximum atomic E-state index is 13.1. The fourth-order valence-corrected chi connectivity index (χ4v) is 2.77. The van der Waals surface area contributed by atoms with E-state index in [0.29, 0.717) is 10.7 Å². The summed E-state index contributed by atoms with van der Waals surface area (Å²) in [5, 5.41) is 20.5. The highest BCUT2D eigenvalue weighted by molar-refractivity contribution is 8.00. The number of nitrogens with zero attached hydrogens (tertiary/aromatic N) is 2. The number of nitriles is 2. The predicted molar refractivity (Wildman–Crippen MR) is 87.2 cm³/mol. The van der Waals surface area contributed by atoms with Gasteiger partial charge < -0.3 is 5.32 Å². The summed E-state index contributed by atoms with van der Waals surface area (Å²) in [4.78, 5) is 15.0. The Bertz CT molecular complexity index is 872. The van der Waals surface area contributed by atoms with E-state index in [2.05, 4.69) is 10.3 Å². The van der Waals surface area contributed by atoms with Crippen LogP contribution >= 0.6 is 11.8 Å². The summed E-state index contributed by atoms with van der Waals surface area (Å²) in [5.74, 6) is -0.685. The van der Waals surface area contributed by atoms with E-state index in [1.54, 1.807) is 13.0 Å². The maximum Gasteiger partial charge on any atom is 0.289 e. The number of amides is 1. The van der Waals surface area contributed by atoms with Gasteiger partial charge in [-0.2, -0.15) is 10.5 Å². The lowest BCUT2D eigenvalue weighted by Crippen LogP contribution is -2.25. The van der Waals surface area contributed by atoms with Crippen molar-refractivity contribution in [2.24, 2.45) is 0 Å². The number of anilines is 2. The van der Waals surface area contributed by atoms with Crippen LogP contribution in [-0.4, -0.2) is 11.2 Å². The van der Waals surface area contributed by atoms with Gasteiger partial charge in [0.05, 0.1) is 5.25 Å². The number of hydrogen-bond acceptors (Lipinski definition) is 5. The molecule has 0 fully saturated rings. The number of aromatic amines is 1. The molecule has 1 amide bonds. The maximum absolute atomic E-state index is 13.1. The van der Waals surface area contributed by atoms with Crippen molar-refractivity contribution in [1.82, 2.24) is 0 Å². The van der Waals surface area contributed by atoms with Crippen LogP contribution in [0.4, 0.5) is 15.9 Å². The summed E-state index contributed by atoms with van der Waals surface area (Å²) < 4.78 is 13.1. The van der Waals surface area contributed by atoms with E-state index >= 15 is 0 Å². The van der Waals surface area contributed by atoms with Crippen molar-refractivity contribution in [2.45, 2.75) is 17.2 Å². The van der Waals surface area contributed by atoms with E-state index < -0.39 is 11.1 Å². The van der Waals surface area contributed by atoms with Crippen LogP contribution in [0.25, 0.3) is 0 Å². The van der Waals surface area contributed by atoms with E-state index in [1.165, 1.54) is 24.3 Å². The van der Waals surface area contributed by atoms with Crippen LogP contribution in [0, 0.1) is 28.5 Å². The largest absolute Gasteiger partial charge is 0.325 e. The minimum absolute atomic E-state index is 0.122. The van der Waals surface area contributed by atoms with Gasteiger partial charge in [0.2, 0.25) is 5.91 Å². The number of halogens is 1. The summed E-state index contributed by atoms with van der Waals surface area (Å²) in [6.45, 7) is 1.64.